The summed E-state index contributed by atoms with van der Waals surface area (Å²) in [5, 5.41) is 6.13. The van der Waals surface area contributed by atoms with Crippen molar-refractivity contribution >= 4 is 46.6 Å². The number of benzene rings is 2. The monoisotopic (exact) mass is 423 g/mol. The molecular formula is C20H23Cl2N3O3. The van der Waals surface area contributed by atoms with Crippen LogP contribution in [0.1, 0.15) is 24.2 Å². The molecule has 2 aromatic carbocycles. The molecule has 0 heterocycles. The summed E-state index contributed by atoms with van der Waals surface area (Å²) < 4.78 is 5.28. The highest BCUT2D eigenvalue weighted by atomic mass is 35.5. The third-order valence-electron chi connectivity index (χ3n) is 4.09. The summed E-state index contributed by atoms with van der Waals surface area (Å²) in [7, 11) is 0. The fourth-order valence-electron chi connectivity index (χ4n) is 2.46. The molecule has 8 heteroatoms. The third-order valence-corrected chi connectivity index (χ3v) is 4.65. The minimum absolute atomic E-state index is 0.337. The van der Waals surface area contributed by atoms with Gasteiger partial charge in [-0.15, -0.1) is 0 Å². The molecule has 0 atom stereocenters. The topological polar surface area (TPSA) is 70.7 Å². The lowest BCUT2D eigenvalue weighted by atomic mass is 10.2. The molecule has 28 heavy (non-hydrogen) atoms. The molecule has 2 rings (SSSR count). The van der Waals surface area contributed by atoms with Crippen LogP contribution in [0.25, 0.3) is 0 Å². The van der Waals surface area contributed by atoms with E-state index in [2.05, 4.69) is 29.4 Å². The van der Waals surface area contributed by atoms with Gasteiger partial charge in [-0.3, -0.25) is 0 Å². The van der Waals surface area contributed by atoms with Crippen molar-refractivity contribution in [2.45, 2.75) is 13.8 Å². The van der Waals surface area contributed by atoms with Crippen LogP contribution in [0.4, 0.5) is 16.2 Å². The number of hydrogen-bond donors (Lipinski definition) is 2. The lowest BCUT2D eigenvalue weighted by Crippen LogP contribution is -2.27. The van der Waals surface area contributed by atoms with Gasteiger partial charge in [0.2, 0.25) is 0 Å². The lowest BCUT2D eigenvalue weighted by molar-refractivity contribution is 0.0466. The van der Waals surface area contributed by atoms with Crippen LogP contribution in [-0.2, 0) is 4.74 Å². The first kappa shape index (κ1) is 22.0. The van der Waals surface area contributed by atoms with Gasteiger partial charge < -0.3 is 20.3 Å². The highest BCUT2D eigenvalue weighted by Gasteiger charge is 2.10. The Bertz CT molecular complexity index is 809. The largest absolute Gasteiger partial charge is 0.461 e. The first-order valence-corrected chi connectivity index (χ1v) is 9.71. The van der Waals surface area contributed by atoms with E-state index < -0.39 is 12.0 Å². The van der Waals surface area contributed by atoms with E-state index in [9.17, 15) is 9.59 Å². The zero-order chi connectivity index (χ0) is 20.5. The number of nitrogens with zero attached hydrogens (tertiary/aromatic N) is 1. The summed E-state index contributed by atoms with van der Waals surface area (Å²) in [5.41, 5.74) is 1.35. The van der Waals surface area contributed by atoms with E-state index in [4.69, 9.17) is 27.9 Å². The predicted molar refractivity (Wildman–Crippen MR) is 114 cm³/mol. The van der Waals surface area contributed by atoms with Crippen LogP contribution in [0, 0.1) is 0 Å². The molecule has 0 fully saturated rings. The van der Waals surface area contributed by atoms with Crippen LogP contribution in [0.15, 0.2) is 42.5 Å². The number of esters is 1. The maximum absolute atomic E-state index is 12.1. The zero-order valence-corrected chi connectivity index (χ0v) is 17.3. The summed E-state index contributed by atoms with van der Waals surface area (Å²) in [5.74, 6) is -0.395. The van der Waals surface area contributed by atoms with Gasteiger partial charge in [-0.05, 0) is 55.6 Å². The Hall–Kier alpha value is -2.28. The molecular weight excluding hydrogens is 401 g/mol. The zero-order valence-electron chi connectivity index (χ0n) is 15.8. The first-order valence-electron chi connectivity index (χ1n) is 8.95. The number of rotatable bonds is 8. The van der Waals surface area contributed by atoms with Gasteiger partial charge in [0.25, 0.3) is 0 Å². The molecule has 2 aromatic rings. The van der Waals surface area contributed by atoms with Gasteiger partial charge in [-0.1, -0.05) is 37.0 Å². The predicted octanol–water partition coefficient (Wildman–Crippen LogP) is 5.14. The number of halogens is 2. The Balaban J connectivity index is 1.87. The van der Waals surface area contributed by atoms with Gasteiger partial charge in [-0.2, -0.15) is 0 Å². The molecule has 0 radical (unpaired) electrons. The quantitative estimate of drug-likeness (QED) is 0.576. The fourth-order valence-corrected chi connectivity index (χ4v) is 2.80. The number of amides is 2. The maximum Gasteiger partial charge on any atom is 0.338 e. The second-order valence-corrected chi connectivity index (χ2v) is 6.79. The highest BCUT2D eigenvalue weighted by molar-refractivity contribution is 6.35. The molecule has 150 valence electrons. The van der Waals surface area contributed by atoms with Crippen molar-refractivity contribution in [3.8, 4) is 0 Å². The SMILES string of the molecule is CCN(CC)CCOC(=O)c1ccc(NC(=O)Nc2cc(Cl)ccc2Cl)cc1. The smallest absolute Gasteiger partial charge is 0.338 e. The van der Waals surface area contributed by atoms with E-state index in [0.717, 1.165) is 13.1 Å². The number of hydrogen-bond acceptors (Lipinski definition) is 4. The summed E-state index contributed by atoms with van der Waals surface area (Å²) in [6.45, 7) is 6.99. The Labute approximate surface area is 174 Å². The Morgan fingerprint density at radius 2 is 1.68 bits per heavy atom. The number of anilines is 2. The van der Waals surface area contributed by atoms with E-state index in [1.165, 1.54) is 0 Å². The minimum Gasteiger partial charge on any atom is -0.461 e. The molecule has 0 saturated heterocycles. The number of urea groups is 1. The second-order valence-electron chi connectivity index (χ2n) is 5.94. The number of nitrogens with one attached hydrogen (secondary N) is 2. The summed E-state index contributed by atoms with van der Waals surface area (Å²) in [6, 6.07) is 10.8. The average Bonchev–Trinajstić information content (AvgIpc) is 2.68. The molecule has 2 N–H and O–H groups in total. The van der Waals surface area contributed by atoms with Crippen molar-refractivity contribution in [3.05, 3.63) is 58.1 Å². The standard InChI is InChI=1S/C20H23Cl2N3O3/c1-3-25(4-2)11-12-28-19(26)14-5-8-16(9-6-14)23-20(27)24-18-13-15(21)7-10-17(18)22/h5-10,13H,3-4,11-12H2,1-2H3,(H2,23,24,27). The van der Waals surface area contributed by atoms with E-state index in [1.54, 1.807) is 42.5 Å². The molecule has 0 aromatic heterocycles. The molecule has 0 saturated carbocycles. The molecule has 6 nitrogen and oxygen atoms in total. The number of likely N-dealkylation sites (N-methyl/N-ethyl adjacent to an activating group) is 1. The molecule has 0 aliphatic heterocycles. The Morgan fingerprint density at radius 1 is 1.00 bits per heavy atom. The van der Waals surface area contributed by atoms with Crippen LogP contribution in [-0.4, -0.2) is 43.1 Å². The number of ether oxygens (including phenoxy) is 1. The Morgan fingerprint density at radius 3 is 2.32 bits per heavy atom. The van der Waals surface area contributed by atoms with Crippen molar-refractivity contribution in [1.82, 2.24) is 4.90 Å². The van der Waals surface area contributed by atoms with Crippen molar-refractivity contribution < 1.29 is 14.3 Å². The van der Waals surface area contributed by atoms with Gasteiger partial charge in [0, 0.05) is 17.3 Å². The number of carbonyl (C=O) groups excluding carboxylic acids is 2. The molecule has 2 amide bonds. The van der Waals surface area contributed by atoms with E-state index in [0.29, 0.717) is 40.1 Å². The normalized spacial score (nSPS) is 10.6. The summed E-state index contributed by atoms with van der Waals surface area (Å²) >= 11 is 11.9. The maximum atomic E-state index is 12.1. The van der Waals surface area contributed by atoms with Crippen LogP contribution in [0.3, 0.4) is 0 Å². The van der Waals surface area contributed by atoms with Crippen molar-refractivity contribution in [3.63, 3.8) is 0 Å². The highest BCUT2D eigenvalue weighted by Crippen LogP contribution is 2.25. The van der Waals surface area contributed by atoms with Crippen LogP contribution >= 0.6 is 23.2 Å². The summed E-state index contributed by atoms with van der Waals surface area (Å²) in [4.78, 5) is 26.4. The van der Waals surface area contributed by atoms with E-state index in [1.807, 2.05) is 0 Å². The first-order chi connectivity index (χ1) is 13.4. The van der Waals surface area contributed by atoms with Crippen molar-refractivity contribution in [1.29, 1.82) is 0 Å². The van der Waals surface area contributed by atoms with E-state index >= 15 is 0 Å². The Kier molecular flexibility index (Phi) is 8.57. The van der Waals surface area contributed by atoms with Gasteiger partial charge in [0.15, 0.2) is 0 Å². The number of carbonyl (C=O) groups is 2. The molecule has 0 spiro atoms. The summed E-state index contributed by atoms with van der Waals surface area (Å²) in [6.07, 6.45) is 0. The third kappa shape index (κ3) is 6.71. The minimum atomic E-state index is -0.473. The van der Waals surface area contributed by atoms with Gasteiger partial charge in [-0.25, -0.2) is 9.59 Å². The molecule has 0 unspecified atom stereocenters. The van der Waals surface area contributed by atoms with Crippen LogP contribution in [0.5, 0.6) is 0 Å². The lowest BCUT2D eigenvalue weighted by Gasteiger charge is -2.17. The van der Waals surface area contributed by atoms with Gasteiger partial charge in [0.1, 0.15) is 6.61 Å². The van der Waals surface area contributed by atoms with Gasteiger partial charge in [0.05, 0.1) is 16.3 Å². The second kappa shape index (κ2) is 10.9. The molecule has 0 bridgehead atoms. The van der Waals surface area contributed by atoms with Crippen LogP contribution < -0.4 is 10.6 Å². The van der Waals surface area contributed by atoms with Crippen molar-refractivity contribution in [2.75, 3.05) is 36.9 Å². The average molecular weight is 424 g/mol. The molecule has 0 aliphatic rings. The van der Waals surface area contributed by atoms with Crippen molar-refractivity contribution in [2.24, 2.45) is 0 Å². The fraction of sp³-hybridized carbons (Fsp3) is 0.300. The van der Waals surface area contributed by atoms with E-state index in [-0.39, 0.29) is 0 Å². The van der Waals surface area contributed by atoms with Gasteiger partial charge >= 0.3 is 12.0 Å². The molecule has 0 aliphatic carbocycles. The van der Waals surface area contributed by atoms with Crippen LogP contribution in [0.2, 0.25) is 10.0 Å².